The SMILES string of the molecule is Cc1nc2c(n1C1CCN(CC[C@H](NC(=O)C3CCC(F)(F)CC3)c3ccsc3)CC1)CCN(C(=O)C(C)C)C2. The first-order valence-electron chi connectivity index (χ1n) is 14.9. The van der Waals surface area contributed by atoms with Crippen molar-refractivity contribution in [2.24, 2.45) is 11.8 Å². The van der Waals surface area contributed by atoms with Crippen LogP contribution < -0.4 is 5.32 Å². The van der Waals surface area contributed by atoms with Crippen molar-refractivity contribution in [3.63, 3.8) is 0 Å². The average molecular weight is 576 g/mol. The molecule has 5 rings (SSSR count). The average Bonchev–Trinajstić information content (AvgIpc) is 3.58. The summed E-state index contributed by atoms with van der Waals surface area (Å²) < 4.78 is 29.6. The van der Waals surface area contributed by atoms with Crippen LogP contribution in [-0.4, -0.2) is 63.3 Å². The molecule has 2 amide bonds. The van der Waals surface area contributed by atoms with Crippen LogP contribution in [0.25, 0.3) is 0 Å². The van der Waals surface area contributed by atoms with E-state index in [0.29, 0.717) is 12.6 Å². The molecule has 1 N–H and O–H groups in total. The Labute approximate surface area is 240 Å². The second-order valence-corrected chi connectivity index (χ2v) is 13.0. The Bertz CT molecular complexity index is 1160. The monoisotopic (exact) mass is 575 g/mol. The zero-order chi connectivity index (χ0) is 28.4. The highest BCUT2D eigenvalue weighted by atomic mass is 32.1. The predicted molar refractivity (Wildman–Crippen MR) is 152 cm³/mol. The van der Waals surface area contributed by atoms with Crippen molar-refractivity contribution >= 4 is 23.2 Å². The smallest absolute Gasteiger partial charge is 0.248 e. The maximum atomic E-state index is 13.6. The fraction of sp³-hybridized carbons (Fsp3) is 0.700. The lowest BCUT2D eigenvalue weighted by molar-refractivity contribution is -0.135. The quantitative estimate of drug-likeness (QED) is 0.451. The summed E-state index contributed by atoms with van der Waals surface area (Å²) in [6, 6.07) is 2.37. The number of alkyl halides is 2. The maximum absolute atomic E-state index is 13.6. The van der Waals surface area contributed by atoms with Crippen LogP contribution in [-0.2, 0) is 22.6 Å². The number of nitrogens with one attached hydrogen (secondary N) is 1. The largest absolute Gasteiger partial charge is 0.349 e. The van der Waals surface area contributed by atoms with E-state index < -0.39 is 5.92 Å². The number of aromatic nitrogens is 2. The van der Waals surface area contributed by atoms with E-state index in [2.05, 4.69) is 33.2 Å². The highest BCUT2D eigenvalue weighted by Gasteiger charge is 2.38. The molecule has 0 radical (unpaired) electrons. The van der Waals surface area contributed by atoms with Gasteiger partial charge in [0.05, 0.1) is 18.3 Å². The molecule has 1 saturated carbocycles. The number of carbonyl (C=O) groups is 2. The van der Waals surface area contributed by atoms with Crippen LogP contribution in [0.4, 0.5) is 8.78 Å². The second-order valence-electron chi connectivity index (χ2n) is 12.2. The number of carbonyl (C=O) groups excluding carboxylic acids is 2. The van der Waals surface area contributed by atoms with Gasteiger partial charge in [0.25, 0.3) is 0 Å². The molecule has 0 aromatic carbocycles. The highest BCUT2D eigenvalue weighted by molar-refractivity contribution is 7.08. The summed E-state index contributed by atoms with van der Waals surface area (Å²) in [5, 5.41) is 7.30. The molecule has 1 saturated heterocycles. The van der Waals surface area contributed by atoms with Crippen molar-refractivity contribution in [3.05, 3.63) is 39.6 Å². The standard InChI is InChI=1S/C30H43F2N5O2S/c1-20(2)29(39)36-16-9-27-26(18-36)33-21(3)37(27)24-6-13-35(14-7-24)15-8-25(23-10-17-40-19-23)34-28(38)22-4-11-30(31,32)12-5-22/h10,17,19-20,22,24-25H,4-9,11-16,18H2,1-3H3,(H,34,38)/t25-/m0/s1. The Balaban J connectivity index is 1.15. The van der Waals surface area contributed by atoms with E-state index in [1.165, 1.54) is 5.69 Å². The molecule has 2 aliphatic heterocycles. The zero-order valence-electron chi connectivity index (χ0n) is 24.0. The third-order valence-electron chi connectivity index (χ3n) is 9.04. The highest BCUT2D eigenvalue weighted by Crippen LogP contribution is 2.37. The molecule has 7 nitrogen and oxygen atoms in total. The van der Waals surface area contributed by atoms with Gasteiger partial charge in [-0.25, -0.2) is 13.8 Å². The molecule has 3 aliphatic rings. The van der Waals surface area contributed by atoms with Gasteiger partial charge in [0.2, 0.25) is 17.7 Å². The van der Waals surface area contributed by atoms with Crippen molar-refractivity contribution in [2.75, 3.05) is 26.2 Å². The molecule has 0 spiro atoms. The van der Waals surface area contributed by atoms with Crippen molar-refractivity contribution in [3.8, 4) is 0 Å². The van der Waals surface area contributed by atoms with Gasteiger partial charge in [-0.3, -0.25) is 9.59 Å². The molecule has 2 aromatic rings. The first-order valence-corrected chi connectivity index (χ1v) is 15.8. The van der Waals surface area contributed by atoms with Gasteiger partial charge in [-0.05, 0) is 61.4 Å². The molecular formula is C30H43F2N5O2S. The van der Waals surface area contributed by atoms with Gasteiger partial charge in [0, 0.05) is 69.0 Å². The Hall–Kier alpha value is -2.33. The number of halogens is 2. The Morgan fingerprint density at radius 2 is 1.88 bits per heavy atom. The number of piperidine rings is 1. The lowest BCUT2D eigenvalue weighted by Crippen LogP contribution is -2.41. The molecule has 0 bridgehead atoms. The normalized spacial score (nSPS) is 21.4. The number of amides is 2. The zero-order valence-corrected chi connectivity index (χ0v) is 24.8. The number of nitrogens with zero attached hydrogens (tertiary/aromatic N) is 4. The summed E-state index contributed by atoms with van der Waals surface area (Å²) in [6.45, 7) is 10.2. The molecule has 220 valence electrons. The summed E-state index contributed by atoms with van der Waals surface area (Å²) in [4.78, 5) is 34.8. The summed E-state index contributed by atoms with van der Waals surface area (Å²) in [6.07, 6.45) is 3.87. The summed E-state index contributed by atoms with van der Waals surface area (Å²) in [7, 11) is 0. The number of likely N-dealkylation sites (tertiary alicyclic amines) is 1. The molecule has 1 atom stereocenters. The third-order valence-corrected chi connectivity index (χ3v) is 9.74. The Kier molecular flexibility index (Phi) is 8.95. The van der Waals surface area contributed by atoms with E-state index >= 15 is 0 Å². The molecular weight excluding hydrogens is 532 g/mol. The number of fused-ring (bicyclic) bond motifs is 1. The van der Waals surface area contributed by atoms with Crippen LogP contribution in [0.5, 0.6) is 0 Å². The first-order chi connectivity index (χ1) is 19.1. The van der Waals surface area contributed by atoms with Crippen molar-refractivity contribution < 1.29 is 18.4 Å². The number of hydrogen-bond donors (Lipinski definition) is 1. The summed E-state index contributed by atoms with van der Waals surface area (Å²) >= 11 is 1.61. The minimum absolute atomic E-state index is 0.00185. The lowest BCUT2D eigenvalue weighted by atomic mass is 9.86. The minimum Gasteiger partial charge on any atom is -0.349 e. The van der Waals surface area contributed by atoms with Gasteiger partial charge < -0.3 is 19.7 Å². The van der Waals surface area contributed by atoms with Gasteiger partial charge in [0.15, 0.2) is 0 Å². The molecule has 0 unspecified atom stereocenters. The fourth-order valence-corrected chi connectivity index (χ4v) is 7.39. The van der Waals surface area contributed by atoms with Gasteiger partial charge in [0.1, 0.15) is 5.82 Å². The molecule has 2 fully saturated rings. The van der Waals surface area contributed by atoms with Crippen molar-refractivity contribution in [2.45, 2.75) is 96.7 Å². The first kappa shape index (κ1) is 29.2. The number of rotatable bonds is 8. The number of hydrogen-bond acceptors (Lipinski definition) is 5. The topological polar surface area (TPSA) is 70.5 Å². The van der Waals surface area contributed by atoms with Gasteiger partial charge in [-0.15, -0.1) is 0 Å². The molecule has 2 aromatic heterocycles. The van der Waals surface area contributed by atoms with E-state index in [1.54, 1.807) is 11.3 Å². The van der Waals surface area contributed by atoms with Crippen LogP contribution in [0, 0.1) is 18.8 Å². The third kappa shape index (κ3) is 6.59. The maximum Gasteiger partial charge on any atom is 0.248 e. The van der Waals surface area contributed by atoms with Crippen molar-refractivity contribution in [1.29, 1.82) is 0 Å². The van der Waals surface area contributed by atoms with E-state index in [0.717, 1.165) is 68.9 Å². The van der Waals surface area contributed by atoms with E-state index in [1.807, 2.05) is 24.1 Å². The van der Waals surface area contributed by atoms with Gasteiger partial charge in [-0.2, -0.15) is 11.3 Å². The number of thiophene rings is 1. The number of aryl methyl sites for hydroxylation is 1. The Morgan fingerprint density at radius 3 is 2.52 bits per heavy atom. The summed E-state index contributed by atoms with van der Waals surface area (Å²) in [5.74, 6) is -1.79. The Morgan fingerprint density at radius 1 is 1.15 bits per heavy atom. The minimum atomic E-state index is -2.63. The molecule has 4 heterocycles. The summed E-state index contributed by atoms with van der Waals surface area (Å²) in [5.41, 5.74) is 3.45. The van der Waals surface area contributed by atoms with Gasteiger partial charge >= 0.3 is 0 Å². The lowest BCUT2D eigenvalue weighted by Gasteiger charge is -2.36. The van der Waals surface area contributed by atoms with Crippen LogP contribution in [0.2, 0.25) is 0 Å². The van der Waals surface area contributed by atoms with E-state index in [-0.39, 0.29) is 55.4 Å². The predicted octanol–water partition coefficient (Wildman–Crippen LogP) is 5.50. The van der Waals surface area contributed by atoms with Crippen LogP contribution in [0.3, 0.4) is 0 Å². The van der Waals surface area contributed by atoms with Crippen LogP contribution in [0.1, 0.15) is 93.7 Å². The molecule has 40 heavy (non-hydrogen) atoms. The van der Waals surface area contributed by atoms with E-state index in [4.69, 9.17) is 4.98 Å². The van der Waals surface area contributed by atoms with Crippen molar-refractivity contribution in [1.82, 2.24) is 24.7 Å². The van der Waals surface area contributed by atoms with Crippen LogP contribution >= 0.6 is 11.3 Å². The second kappa shape index (κ2) is 12.3. The van der Waals surface area contributed by atoms with E-state index in [9.17, 15) is 18.4 Å². The van der Waals surface area contributed by atoms with Crippen LogP contribution in [0.15, 0.2) is 16.8 Å². The molecule has 10 heteroatoms. The van der Waals surface area contributed by atoms with Gasteiger partial charge in [-0.1, -0.05) is 13.8 Å². The molecule has 1 aliphatic carbocycles. The fourth-order valence-electron chi connectivity index (χ4n) is 6.68. The number of imidazole rings is 1.